The van der Waals surface area contributed by atoms with Crippen molar-refractivity contribution in [1.82, 2.24) is 5.32 Å². The van der Waals surface area contributed by atoms with E-state index in [-0.39, 0.29) is 17.6 Å². The summed E-state index contributed by atoms with van der Waals surface area (Å²) in [6, 6.07) is 8.99. The van der Waals surface area contributed by atoms with E-state index in [1.165, 1.54) is 6.92 Å². The third-order valence-electron chi connectivity index (χ3n) is 3.56. The molecule has 0 fully saturated rings. The summed E-state index contributed by atoms with van der Waals surface area (Å²) in [5.74, 6) is 0.664. The normalized spacial score (nSPS) is 12.9. The summed E-state index contributed by atoms with van der Waals surface area (Å²) in [5.41, 5.74) is 1.02. The molecule has 2 atom stereocenters. The molecule has 5 nitrogen and oxygen atoms in total. The predicted molar refractivity (Wildman–Crippen MR) is 108 cm³/mol. The van der Waals surface area contributed by atoms with Gasteiger partial charge in [0.1, 0.15) is 6.04 Å². The Morgan fingerprint density at radius 3 is 2.38 bits per heavy atom. The fraction of sp³-hybridized carbons (Fsp3) is 0.526. The van der Waals surface area contributed by atoms with Gasteiger partial charge in [0.05, 0.1) is 12.5 Å². The first-order chi connectivity index (χ1) is 12.5. The van der Waals surface area contributed by atoms with E-state index in [9.17, 15) is 14.4 Å². The molecule has 7 heteroatoms. The molecule has 0 aromatic heterocycles. The number of esters is 1. The topological polar surface area (TPSA) is 72.5 Å². The molecule has 1 aromatic carbocycles. The molecular weight excluding hydrogens is 370 g/mol. The van der Waals surface area contributed by atoms with Crippen molar-refractivity contribution in [1.29, 1.82) is 0 Å². The molecule has 26 heavy (non-hydrogen) atoms. The molecule has 144 valence electrons. The van der Waals surface area contributed by atoms with E-state index in [2.05, 4.69) is 5.32 Å². The van der Waals surface area contributed by atoms with Gasteiger partial charge in [-0.05, 0) is 24.7 Å². The minimum Gasteiger partial charge on any atom is -0.464 e. The Labute approximate surface area is 164 Å². The monoisotopic (exact) mass is 397 g/mol. The Balaban J connectivity index is 2.82. The lowest BCUT2D eigenvalue weighted by Gasteiger charge is -2.21. The molecule has 0 saturated carbocycles. The summed E-state index contributed by atoms with van der Waals surface area (Å²) in [6.45, 7) is 5.50. The van der Waals surface area contributed by atoms with Crippen molar-refractivity contribution >= 4 is 40.5 Å². The van der Waals surface area contributed by atoms with E-state index in [1.54, 1.807) is 18.7 Å². The van der Waals surface area contributed by atoms with Gasteiger partial charge in [-0.25, -0.2) is 4.79 Å². The predicted octanol–water partition coefficient (Wildman–Crippen LogP) is 2.93. The van der Waals surface area contributed by atoms with Crippen LogP contribution in [0.4, 0.5) is 0 Å². The first-order valence-electron chi connectivity index (χ1n) is 8.69. The second-order valence-corrected chi connectivity index (χ2v) is 8.18. The van der Waals surface area contributed by atoms with Crippen LogP contribution in [0, 0.1) is 5.92 Å². The van der Waals surface area contributed by atoms with Crippen molar-refractivity contribution in [2.24, 2.45) is 5.92 Å². The molecule has 0 aliphatic heterocycles. The van der Waals surface area contributed by atoms with E-state index in [1.807, 2.05) is 37.3 Å². The van der Waals surface area contributed by atoms with Crippen LogP contribution in [0.5, 0.6) is 0 Å². The fourth-order valence-corrected chi connectivity index (χ4v) is 3.68. The summed E-state index contributed by atoms with van der Waals surface area (Å²) < 4.78 is 5.07. The summed E-state index contributed by atoms with van der Waals surface area (Å²) in [6.07, 6.45) is 0.517. The molecule has 0 bridgehead atoms. The van der Waals surface area contributed by atoms with Gasteiger partial charge in [0.2, 0.25) is 5.91 Å². The highest BCUT2D eigenvalue weighted by Gasteiger charge is 2.27. The Morgan fingerprint density at radius 1 is 1.12 bits per heavy atom. The quantitative estimate of drug-likeness (QED) is 0.579. The maximum atomic E-state index is 12.8. The van der Waals surface area contributed by atoms with Crippen molar-refractivity contribution in [2.75, 3.05) is 23.9 Å². The van der Waals surface area contributed by atoms with Gasteiger partial charge in [0, 0.05) is 18.4 Å². The third kappa shape index (κ3) is 8.76. The number of carbonyl (C=O) groups is 3. The van der Waals surface area contributed by atoms with E-state index < -0.39 is 17.9 Å². The highest BCUT2D eigenvalue weighted by Crippen LogP contribution is 2.16. The van der Waals surface area contributed by atoms with Crippen LogP contribution in [0.2, 0.25) is 0 Å². The minimum absolute atomic E-state index is 0.0284. The Hall–Kier alpha value is -1.47. The molecule has 0 aliphatic carbocycles. The largest absolute Gasteiger partial charge is 0.464 e. The minimum atomic E-state index is -0.673. The number of hydrogen-bond donors (Lipinski definition) is 1. The SMILES string of the molecule is CCOC(=O)[C@H](CSCC)NC(=O)[C@@H](CSC(C)=O)Cc1ccccc1. The van der Waals surface area contributed by atoms with E-state index in [0.29, 0.717) is 17.9 Å². The van der Waals surface area contributed by atoms with Crippen LogP contribution in [-0.4, -0.2) is 46.9 Å². The van der Waals surface area contributed by atoms with Crippen LogP contribution in [0.25, 0.3) is 0 Å². The first-order valence-corrected chi connectivity index (χ1v) is 10.8. The number of ether oxygens (including phenoxy) is 1. The lowest BCUT2D eigenvalue weighted by atomic mass is 10.00. The zero-order valence-electron chi connectivity index (χ0n) is 15.5. The van der Waals surface area contributed by atoms with Crippen molar-refractivity contribution in [3.63, 3.8) is 0 Å². The number of rotatable bonds is 11. The number of amides is 1. The van der Waals surface area contributed by atoms with Crippen molar-refractivity contribution in [2.45, 2.75) is 33.2 Å². The van der Waals surface area contributed by atoms with Gasteiger partial charge in [-0.15, -0.1) is 0 Å². The lowest BCUT2D eigenvalue weighted by Crippen LogP contribution is -2.47. The van der Waals surface area contributed by atoms with Gasteiger partial charge in [-0.2, -0.15) is 11.8 Å². The van der Waals surface area contributed by atoms with Gasteiger partial charge < -0.3 is 10.1 Å². The van der Waals surface area contributed by atoms with Gasteiger partial charge in [0.25, 0.3) is 0 Å². The molecular formula is C19H27NO4S2. The van der Waals surface area contributed by atoms with Crippen molar-refractivity contribution in [3.05, 3.63) is 35.9 Å². The molecule has 1 N–H and O–H groups in total. The van der Waals surface area contributed by atoms with Crippen LogP contribution in [0.1, 0.15) is 26.3 Å². The average molecular weight is 398 g/mol. The summed E-state index contributed by atoms with van der Waals surface area (Å²) in [5, 5.41) is 2.79. The second-order valence-electron chi connectivity index (χ2n) is 5.66. The fourth-order valence-electron chi connectivity index (χ4n) is 2.28. The Kier molecular flexibility index (Phi) is 11.1. The highest BCUT2D eigenvalue weighted by atomic mass is 32.2. The van der Waals surface area contributed by atoms with Gasteiger partial charge in [-0.1, -0.05) is 49.0 Å². The molecule has 0 heterocycles. The maximum Gasteiger partial charge on any atom is 0.329 e. The second kappa shape index (κ2) is 12.8. The Bertz CT molecular complexity index is 580. The lowest BCUT2D eigenvalue weighted by molar-refractivity contribution is -0.147. The molecule has 0 saturated heterocycles. The van der Waals surface area contributed by atoms with Crippen LogP contribution >= 0.6 is 23.5 Å². The van der Waals surface area contributed by atoms with Gasteiger partial charge in [0.15, 0.2) is 5.12 Å². The van der Waals surface area contributed by atoms with E-state index in [4.69, 9.17) is 4.74 Å². The summed E-state index contributed by atoms with van der Waals surface area (Å²) >= 11 is 2.70. The molecule has 1 aromatic rings. The zero-order chi connectivity index (χ0) is 19.4. The maximum absolute atomic E-state index is 12.8. The standard InChI is InChI=1S/C19H27NO4S2/c1-4-24-19(23)17(13-25-5-2)20-18(22)16(12-26-14(3)21)11-15-9-7-6-8-10-15/h6-10,16-17H,4-5,11-13H2,1-3H3,(H,20,22)/t16-,17+/m1/s1. The van der Waals surface area contributed by atoms with Crippen LogP contribution < -0.4 is 5.32 Å². The zero-order valence-corrected chi connectivity index (χ0v) is 17.2. The number of benzene rings is 1. The summed E-state index contributed by atoms with van der Waals surface area (Å²) in [7, 11) is 0. The number of carbonyl (C=O) groups excluding carboxylic acids is 3. The molecule has 0 spiro atoms. The molecule has 1 rings (SSSR count). The Morgan fingerprint density at radius 2 is 1.81 bits per heavy atom. The van der Waals surface area contributed by atoms with E-state index in [0.717, 1.165) is 23.1 Å². The highest BCUT2D eigenvalue weighted by molar-refractivity contribution is 8.13. The number of thioether (sulfide) groups is 2. The average Bonchev–Trinajstić information content (AvgIpc) is 2.62. The van der Waals surface area contributed by atoms with E-state index >= 15 is 0 Å². The molecule has 0 aliphatic rings. The number of hydrogen-bond acceptors (Lipinski definition) is 6. The van der Waals surface area contributed by atoms with Crippen molar-refractivity contribution < 1.29 is 19.1 Å². The smallest absolute Gasteiger partial charge is 0.329 e. The third-order valence-corrected chi connectivity index (χ3v) is 5.51. The molecule has 1 amide bonds. The van der Waals surface area contributed by atoms with Crippen molar-refractivity contribution in [3.8, 4) is 0 Å². The molecule has 0 unspecified atom stereocenters. The van der Waals surface area contributed by atoms with Gasteiger partial charge in [-0.3, -0.25) is 9.59 Å². The van der Waals surface area contributed by atoms with Gasteiger partial charge >= 0.3 is 5.97 Å². The molecule has 0 radical (unpaired) electrons. The van der Waals surface area contributed by atoms with Crippen LogP contribution in [-0.2, 0) is 25.5 Å². The van der Waals surface area contributed by atoms with Crippen LogP contribution in [0.3, 0.4) is 0 Å². The van der Waals surface area contributed by atoms with Crippen LogP contribution in [0.15, 0.2) is 30.3 Å². The summed E-state index contributed by atoms with van der Waals surface area (Å²) in [4.78, 5) is 36.2. The number of nitrogens with one attached hydrogen (secondary N) is 1. The first kappa shape index (κ1) is 22.6.